The second-order valence-corrected chi connectivity index (χ2v) is 14.5. The largest absolute Gasteiger partial charge is 0.456 e. The van der Waals surface area contributed by atoms with E-state index in [2.05, 4.69) is 204 Å². The number of furan rings is 2. The maximum absolute atomic E-state index is 6.68. The predicted molar refractivity (Wildman–Crippen MR) is 233 cm³/mol. The van der Waals surface area contributed by atoms with Gasteiger partial charge in [0.1, 0.15) is 22.3 Å². The molecule has 0 spiro atoms. The van der Waals surface area contributed by atoms with E-state index in [0.717, 1.165) is 77.4 Å². The molecule has 0 unspecified atom stereocenters. The highest BCUT2D eigenvalue weighted by Crippen LogP contribution is 2.46. The van der Waals surface area contributed by atoms with Gasteiger partial charge in [-0.1, -0.05) is 115 Å². The van der Waals surface area contributed by atoms with Crippen LogP contribution in [0, 0.1) is 0 Å². The van der Waals surface area contributed by atoms with Gasteiger partial charge in [0.15, 0.2) is 0 Å². The maximum Gasteiger partial charge on any atom is 0.143 e. The summed E-state index contributed by atoms with van der Waals surface area (Å²) in [7, 11) is 0. The third-order valence-corrected chi connectivity index (χ3v) is 11.4. The smallest absolute Gasteiger partial charge is 0.143 e. The summed E-state index contributed by atoms with van der Waals surface area (Å²) in [5.74, 6) is 0. The van der Waals surface area contributed by atoms with Crippen molar-refractivity contribution in [2.75, 3.05) is 4.90 Å². The standard InChI is InChI=1S/C52H32N2O2/c1-2-11-33(12-3-1)34-21-24-36(25-22-34)53(47-19-10-20-49-51(47)43-28-23-35-13-4-5-14-39(35)52(43)56-49)38-26-29-42-44-31-37(27-30-48(44)55-50(42)32-38)54-45-17-8-6-15-40(45)41-16-7-9-18-46(41)54/h1-32H. The molecule has 0 saturated carbocycles. The van der Waals surface area contributed by atoms with Gasteiger partial charge in [-0.25, -0.2) is 0 Å². The number of fused-ring (bicyclic) bond motifs is 11. The molecule has 262 valence electrons. The third-order valence-electron chi connectivity index (χ3n) is 11.4. The van der Waals surface area contributed by atoms with Crippen LogP contribution < -0.4 is 4.90 Å². The molecule has 3 heterocycles. The summed E-state index contributed by atoms with van der Waals surface area (Å²) >= 11 is 0. The van der Waals surface area contributed by atoms with E-state index < -0.39 is 0 Å². The maximum atomic E-state index is 6.68. The van der Waals surface area contributed by atoms with E-state index in [1.807, 2.05) is 0 Å². The first-order chi connectivity index (χ1) is 27.8. The third kappa shape index (κ3) is 4.60. The van der Waals surface area contributed by atoms with E-state index in [-0.39, 0.29) is 0 Å². The molecule has 0 atom stereocenters. The fourth-order valence-electron chi connectivity index (χ4n) is 8.81. The fraction of sp³-hybridized carbons (Fsp3) is 0. The molecule has 56 heavy (non-hydrogen) atoms. The Balaban J connectivity index is 1.05. The van der Waals surface area contributed by atoms with Gasteiger partial charge in [-0.3, -0.25) is 0 Å². The molecule has 0 aliphatic heterocycles. The van der Waals surface area contributed by atoms with Crippen LogP contribution in [0.4, 0.5) is 17.1 Å². The molecular weight excluding hydrogens is 685 g/mol. The number of nitrogens with zero attached hydrogens (tertiary/aromatic N) is 2. The van der Waals surface area contributed by atoms with Gasteiger partial charge in [-0.05, 0) is 89.3 Å². The average molecular weight is 717 g/mol. The molecule has 0 bridgehead atoms. The number of aromatic nitrogens is 1. The van der Waals surface area contributed by atoms with E-state index in [0.29, 0.717) is 0 Å². The molecule has 0 aliphatic carbocycles. The van der Waals surface area contributed by atoms with Gasteiger partial charge in [0.05, 0.1) is 22.1 Å². The highest BCUT2D eigenvalue weighted by molar-refractivity contribution is 6.20. The van der Waals surface area contributed by atoms with Gasteiger partial charge in [-0.2, -0.15) is 0 Å². The van der Waals surface area contributed by atoms with E-state index in [1.54, 1.807) is 0 Å². The Hall–Kier alpha value is -7.56. The van der Waals surface area contributed by atoms with Crippen LogP contribution in [0.15, 0.2) is 203 Å². The molecule has 0 fully saturated rings. The van der Waals surface area contributed by atoms with Crippen LogP contribution in [-0.4, -0.2) is 4.57 Å². The monoisotopic (exact) mass is 716 g/mol. The average Bonchev–Trinajstić information content (AvgIpc) is 3.94. The lowest BCUT2D eigenvalue weighted by atomic mass is 10.0. The van der Waals surface area contributed by atoms with Crippen molar-refractivity contribution in [3.8, 4) is 16.8 Å². The number of para-hydroxylation sites is 2. The van der Waals surface area contributed by atoms with Gasteiger partial charge in [0.2, 0.25) is 0 Å². The molecule has 0 radical (unpaired) electrons. The van der Waals surface area contributed by atoms with Crippen molar-refractivity contribution in [1.82, 2.24) is 4.57 Å². The number of hydrogen-bond donors (Lipinski definition) is 0. The van der Waals surface area contributed by atoms with Crippen molar-refractivity contribution in [3.05, 3.63) is 194 Å². The summed E-state index contributed by atoms with van der Waals surface area (Å²) in [6.07, 6.45) is 0. The minimum absolute atomic E-state index is 0.831. The molecule has 9 aromatic carbocycles. The highest BCUT2D eigenvalue weighted by Gasteiger charge is 2.22. The van der Waals surface area contributed by atoms with E-state index >= 15 is 0 Å². The van der Waals surface area contributed by atoms with Gasteiger partial charge >= 0.3 is 0 Å². The van der Waals surface area contributed by atoms with Crippen molar-refractivity contribution < 1.29 is 8.83 Å². The normalized spacial score (nSPS) is 11.9. The summed E-state index contributed by atoms with van der Waals surface area (Å²) < 4.78 is 15.7. The second kappa shape index (κ2) is 12.0. The van der Waals surface area contributed by atoms with Gasteiger partial charge in [0.25, 0.3) is 0 Å². The van der Waals surface area contributed by atoms with Crippen molar-refractivity contribution in [3.63, 3.8) is 0 Å². The first-order valence-corrected chi connectivity index (χ1v) is 19.0. The number of hydrogen-bond acceptors (Lipinski definition) is 3. The zero-order valence-corrected chi connectivity index (χ0v) is 30.2. The van der Waals surface area contributed by atoms with Gasteiger partial charge in [0, 0.05) is 55.4 Å². The van der Waals surface area contributed by atoms with Crippen LogP contribution in [-0.2, 0) is 0 Å². The Kier molecular flexibility index (Phi) is 6.60. The zero-order valence-electron chi connectivity index (χ0n) is 30.2. The molecular formula is C52H32N2O2. The predicted octanol–water partition coefficient (Wildman–Crippen LogP) is 14.9. The van der Waals surface area contributed by atoms with Crippen LogP contribution >= 0.6 is 0 Å². The minimum Gasteiger partial charge on any atom is -0.456 e. The number of benzene rings is 9. The van der Waals surface area contributed by atoms with Crippen molar-refractivity contribution >= 4 is 93.5 Å². The lowest BCUT2D eigenvalue weighted by Gasteiger charge is -2.26. The summed E-state index contributed by atoms with van der Waals surface area (Å²) in [6.45, 7) is 0. The van der Waals surface area contributed by atoms with Crippen LogP contribution in [0.3, 0.4) is 0 Å². The second-order valence-electron chi connectivity index (χ2n) is 14.5. The topological polar surface area (TPSA) is 34.5 Å². The summed E-state index contributed by atoms with van der Waals surface area (Å²) in [5.41, 5.74) is 12.3. The number of rotatable bonds is 5. The molecule has 12 rings (SSSR count). The van der Waals surface area contributed by atoms with Crippen molar-refractivity contribution in [1.29, 1.82) is 0 Å². The SMILES string of the molecule is c1ccc(-c2ccc(N(c3ccc4c(c3)oc3ccc(-n5c6ccccc6c6ccccc65)cc34)c3cccc4oc5c6ccccc6ccc5c34)cc2)cc1. The first-order valence-electron chi connectivity index (χ1n) is 19.0. The molecule has 4 nitrogen and oxygen atoms in total. The molecule has 4 heteroatoms. The Morgan fingerprint density at radius 1 is 0.375 bits per heavy atom. The molecule has 0 saturated heterocycles. The number of anilines is 3. The van der Waals surface area contributed by atoms with Crippen LogP contribution in [0.2, 0.25) is 0 Å². The Bertz CT molecular complexity index is 3430. The first kappa shape index (κ1) is 30.9. The van der Waals surface area contributed by atoms with Crippen LogP contribution in [0.1, 0.15) is 0 Å². The molecule has 12 aromatic rings. The molecule has 0 N–H and O–H groups in total. The summed E-state index contributed by atoms with van der Waals surface area (Å²) in [6, 6.07) is 68.9. The van der Waals surface area contributed by atoms with E-state index in [9.17, 15) is 0 Å². The van der Waals surface area contributed by atoms with Crippen LogP contribution in [0.25, 0.3) is 93.3 Å². The van der Waals surface area contributed by atoms with E-state index in [1.165, 1.54) is 32.9 Å². The summed E-state index contributed by atoms with van der Waals surface area (Å²) in [4.78, 5) is 2.33. The lowest BCUT2D eigenvalue weighted by molar-refractivity contribution is 0.669. The van der Waals surface area contributed by atoms with Crippen molar-refractivity contribution in [2.24, 2.45) is 0 Å². The Morgan fingerprint density at radius 3 is 1.86 bits per heavy atom. The van der Waals surface area contributed by atoms with Crippen molar-refractivity contribution in [2.45, 2.75) is 0 Å². The minimum atomic E-state index is 0.831. The fourth-order valence-corrected chi connectivity index (χ4v) is 8.81. The molecule has 3 aromatic heterocycles. The van der Waals surface area contributed by atoms with E-state index in [4.69, 9.17) is 8.83 Å². The van der Waals surface area contributed by atoms with Gasteiger partial charge < -0.3 is 18.3 Å². The quantitative estimate of drug-likeness (QED) is 0.178. The molecule has 0 amide bonds. The van der Waals surface area contributed by atoms with Crippen LogP contribution in [0.5, 0.6) is 0 Å². The highest BCUT2D eigenvalue weighted by atomic mass is 16.3. The lowest BCUT2D eigenvalue weighted by Crippen LogP contribution is -2.10. The zero-order chi connectivity index (χ0) is 36.7. The van der Waals surface area contributed by atoms with Gasteiger partial charge in [-0.15, -0.1) is 0 Å². The molecule has 0 aliphatic rings. The Morgan fingerprint density at radius 2 is 1.05 bits per heavy atom. The Labute approximate surface area is 321 Å². The summed E-state index contributed by atoms with van der Waals surface area (Å²) in [5, 5.41) is 9.07.